The lowest BCUT2D eigenvalue weighted by atomic mass is 9.98. The fourth-order valence-electron chi connectivity index (χ4n) is 2.09. The topological polar surface area (TPSA) is 62.2 Å². The van der Waals surface area contributed by atoms with Crippen molar-refractivity contribution in [3.63, 3.8) is 0 Å². The average Bonchev–Trinajstić information content (AvgIpc) is 2.48. The minimum Gasteiger partial charge on any atom is -0.478 e. The lowest BCUT2D eigenvalue weighted by molar-refractivity contribution is 0.0697. The average molecular weight is 270 g/mol. The van der Waals surface area contributed by atoms with Crippen LogP contribution in [-0.2, 0) is 0 Å². The summed E-state index contributed by atoms with van der Waals surface area (Å²) in [5.74, 6) is -0.532. The van der Waals surface area contributed by atoms with Gasteiger partial charge in [0.2, 0.25) is 0 Å². The van der Waals surface area contributed by atoms with Crippen molar-refractivity contribution in [2.24, 2.45) is 0 Å². The number of aromatic nitrogens is 1. The minimum absolute atomic E-state index is 0.208. The molecule has 1 atom stereocenters. The molecule has 2 N–H and O–H groups in total. The van der Waals surface area contributed by atoms with Gasteiger partial charge in [-0.2, -0.15) is 0 Å². The second kappa shape index (κ2) is 6.70. The molecule has 0 amide bonds. The van der Waals surface area contributed by atoms with Gasteiger partial charge < -0.3 is 10.4 Å². The van der Waals surface area contributed by atoms with E-state index in [1.165, 1.54) is 11.8 Å². The van der Waals surface area contributed by atoms with Gasteiger partial charge in [0.05, 0.1) is 5.69 Å². The molecule has 1 aromatic heterocycles. The fraction of sp³-hybridized carbons (Fsp3) is 0.250. The molecule has 0 radical (unpaired) electrons. The van der Waals surface area contributed by atoms with Crippen molar-refractivity contribution in [2.75, 3.05) is 11.9 Å². The van der Waals surface area contributed by atoms with Crippen LogP contribution in [0.4, 0.5) is 5.69 Å². The molecule has 0 fully saturated rings. The van der Waals surface area contributed by atoms with Crippen LogP contribution < -0.4 is 5.32 Å². The van der Waals surface area contributed by atoms with Crippen LogP contribution in [0.15, 0.2) is 48.8 Å². The fourth-order valence-corrected chi connectivity index (χ4v) is 2.09. The van der Waals surface area contributed by atoms with E-state index in [1.54, 1.807) is 12.3 Å². The molecule has 1 heterocycles. The number of rotatable bonds is 6. The van der Waals surface area contributed by atoms with E-state index >= 15 is 0 Å². The number of aromatic carboxylic acids is 1. The third-order valence-electron chi connectivity index (χ3n) is 3.31. The zero-order chi connectivity index (χ0) is 14.4. The van der Waals surface area contributed by atoms with Crippen LogP contribution in [0.2, 0.25) is 0 Å². The number of nitrogens with one attached hydrogen (secondary N) is 1. The van der Waals surface area contributed by atoms with Crippen molar-refractivity contribution in [3.8, 4) is 0 Å². The summed E-state index contributed by atoms with van der Waals surface area (Å²) >= 11 is 0. The van der Waals surface area contributed by atoms with E-state index in [9.17, 15) is 4.79 Å². The zero-order valence-electron chi connectivity index (χ0n) is 11.4. The Morgan fingerprint density at radius 1 is 1.30 bits per heavy atom. The Balaban J connectivity index is 1.92. The Kier molecular flexibility index (Phi) is 4.71. The van der Waals surface area contributed by atoms with E-state index in [0.29, 0.717) is 11.6 Å². The van der Waals surface area contributed by atoms with E-state index in [1.807, 2.05) is 18.2 Å². The van der Waals surface area contributed by atoms with Crippen molar-refractivity contribution < 1.29 is 9.90 Å². The SMILES string of the molecule is CC(CCNc1ccncc1C(=O)O)c1ccccc1. The normalized spacial score (nSPS) is 11.8. The van der Waals surface area contributed by atoms with E-state index in [-0.39, 0.29) is 5.56 Å². The van der Waals surface area contributed by atoms with Crippen LogP contribution in [0.3, 0.4) is 0 Å². The zero-order valence-corrected chi connectivity index (χ0v) is 11.4. The highest BCUT2D eigenvalue weighted by Crippen LogP contribution is 2.19. The Bertz CT molecular complexity index is 570. The van der Waals surface area contributed by atoms with Gasteiger partial charge in [0.25, 0.3) is 0 Å². The molecule has 4 heteroatoms. The summed E-state index contributed by atoms with van der Waals surface area (Å²) in [7, 11) is 0. The number of benzene rings is 1. The Morgan fingerprint density at radius 2 is 2.05 bits per heavy atom. The molecule has 20 heavy (non-hydrogen) atoms. The standard InChI is InChI=1S/C16H18N2O2/c1-12(13-5-3-2-4-6-13)7-10-18-15-8-9-17-11-14(15)16(19)20/h2-6,8-9,11-12H,7,10H2,1H3,(H,17,18)(H,19,20). The maximum Gasteiger partial charge on any atom is 0.339 e. The van der Waals surface area contributed by atoms with Crippen LogP contribution in [0, 0.1) is 0 Å². The van der Waals surface area contributed by atoms with E-state index in [2.05, 4.69) is 29.4 Å². The van der Waals surface area contributed by atoms with Gasteiger partial charge in [-0.25, -0.2) is 4.79 Å². The van der Waals surface area contributed by atoms with Gasteiger partial charge in [-0.05, 0) is 24.0 Å². The number of carboxylic acids is 1. The summed E-state index contributed by atoms with van der Waals surface area (Å²) in [6, 6.07) is 12.0. The smallest absolute Gasteiger partial charge is 0.339 e. The Hall–Kier alpha value is -2.36. The Labute approximate surface area is 118 Å². The number of nitrogens with zero attached hydrogens (tertiary/aromatic N) is 1. The minimum atomic E-state index is -0.961. The summed E-state index contributed by atoms with van der Waals surface area (Å²) in [6.07, 6.45) is 3.89. The monoisotopic (exact) mass is 270 g/mol. The third kappa shape index (κ3) is 3.57. The number of anilines is 1. The van der Waals surface area contributed by atoms with Crippen molar-refractivity contribution in [2.45, 2.75) is 19.3 Å². The highest BCUT2D eigenvalue weighted by Gasteiger charge is 2.10. The maximum absolute atomic E-state index is 11.1. The van der Waals surface area contributed by atoms with Gasteiger partial charge in [0.1, 0.15) is 5.56 Å². The van der Waals surface area contributed by atoms with Crippen molar-refractivity contribution >= 4 is 11.7 Å². The molecule has 104 valence electrons. The van der Waals surface area contributed by atoms with Gasteiger partial charge in [-0.1, -0.05) is 37.3 Å². The maximum atomic E-state index is 11.1. The van der Waals surface area contributed by atoms with Crippen molar-refractivity contribution in [1.82, 2.24) is 4.98 Å². The second-order valence-electron chi connectivity index (χ2n) is 4.75. The first kappa shape index (κ1) is 14.1. The molecular formula is C16H18N2O2. The van der Waals surface area contributed by atoms with Gasteiger partial charge >= 0.3 is 5.97 Å². The molecule has 1 aromatic carbocycles. The van der Waals surface area contributed by atoms with Gasteiger partial charge in [-0.15, -0.1) is 0 Å². The number of pyridine rings is 1. The first-order valence-electron chi connectivity index (χ1n) is 6.64. The quantitative estimate of drug-likeness (QED) is 0.844. The summed E-state index contributed by atoms with van der Waals surface area (Å²) in [4.78, 5) is 14.9. The first-order valence-corrected chi connectivity index (χ1v) is 6.64. The van der Waals surface area contributed by atoms with E-state index in [0.717, 1.165) is 13.0 Å². The second-order valence-corrected chi connectivity index (χ2v) is 4.75. The molecule has 4 nitrogen and oxygen atoms in total. The van der Waals surface area contributed by atoms with Crippen LogP contribution >= 0.6 is 0 Å². The van der Waals surface area contributed by atoms with E-state index in [4.69, 9.17) is 5.11 Å². The molecule has 1 unspecified atom stereocenters. The molecule has 0 saturated heterocycles. The summed E-state index contributed by atoms with van der Waals surface area (Å²) in [6.45, 7) is 2.89. The number of hydrogen-bond acceptors (Lipinski definition) is 3. The lowest BCUT2D eigenvalue weighted by Gasteiger charge is -2.14. The molecule has 0 bridgehead atoms. The van der Waals surface area contributed by atoms with Crippen molar-refractivity contribution in [3.05, 3.63) is 59.9 Å². The highest BCUT2D eigenvalue weighted by atomic mass is 16.4. The summed E-state index contributed by atoms with van der Waals surface area (Å²) in [5.41, 5.74) is 2.12. The molecule has 0 aliphatic rings. The highest BCUT2D eigenvalue weighted by molar-refractivity contribution is 5.93. The molecular weight excluding hydrogens is 252 g/mol. The summed E-state index contributed by atoms with van der Waals surface area (Å²) in [5, 5.41) is 12.2. The predicted molar refractivity (Wildman–Crippen MR) is 79.2 cm³/mol. The number of carboxylic acid groups (broad SMARTS) is 1. The number of hydrogen-bond donors (Lipinski definition) is 2. The van der Waals surface area contributed by atoms with E-state index < -0.39 is 5.97 Å². The lowest BCUT2D eigenvalue weighted by Crippen LogP contribution is -2.10. The number of carbonyl (C=O) groups is 1. The van der Waals surface area contributed by atoms with Gasteiger partial charge in [0.15, 0.2) is 0 Å². The van der Waals surface area contributed by atoms with Crippen LogP contribution in [0.5, 0.6) is 0 Å². The Morgan fingerprint density at radius 3 is 2.75 bits per heavy atom. The van der Waals surface area contributed by atoms with Gasteiger partial charge in [0, 0.05) is 18.9 Å². The molecule has 2 aromatic rings. The molecule has 0 aliphatic heterocycles. The molecule has 2 rings (SSSR count). The van der Waals surface area contributed by atoms with Crippen LogP contribution in [0.1, 0.15) is 35.2 Å². The van der Waals surface area contributed by atoms with Gasteiger partial charge in [-0.3, -0.25) is 4.98 Å². The summed E-state index contributed by atoms with van der Waals surface area (Å²) < 4.78 is 0. The molecule has 0 aliphatic carbocycles. The van der Waals surface area contributed by atoms with Crippen molar-refractivity contribution in [1.29, 1.82) is 0 Å². The van der Waals surface area contributed by atoms with Crippen LogP contribution in [-0.4, -0.2) is 22.6 Å². The third-order valence-corrected chi connectivity index (χ3v) is 3.31. The predicted octanol–water partition coefficient (Wildman–Crippen LogP) is 3.39. The molecule has 0 spiro atoms. The largest absolute Gasteiger partial charge is 0.478 e. The molecule has 0 saturated carbocycles. The van der Waals surface area contributed by atoms with Crippen LogP contribution in [0.25, 0.3) is 0 Å². The first-order chi connectivity index (χ1) is 9.68.